The molecule has 1 heterocycles. The summed E-state index contributed by atoms with van der Waals surface area (Å²) in [6, 6.07) is 8.37. The van der Waals surface area contributed by atoms with E-state index in [9.17, 15) is 0 Å². The Morgan fingerprint density at radius 3 is 2.81 bits per heavy atom. The van der Waals surface area contributed by atoms with Crippen LogP contribution in [0.15, 0.2) is 24.3 Å². The summed E-state index contributed by atoms with van der Waals surface area (Å²) in [7, 11) is 0. The van der Waals surface area contributed by atoms with Crippen molar-refractivity contribution >= 4 is 10.9 Å². The molecule has 1 aromatic carbocycles. The van der Waals surface area contributed by atoms with Gasteiger partial charge in [-0.2, -0.15) is 0 Å². The van der Waals surface area contributed by atoms with Crippen LogP contribution in [0.5, 0.6) is 0 Å². The lowest BCUT2D eigenvalue weighted by Crippen LogP contribution is -2.13. The standard InChI is InChI=1S/C13H19N3/c1-9-13(11(15)6-4-8-14)10-5-2-3-7-12(10)16-9/h2-3,5,7,11,16H,4,6,8,14-15H2,1H3. The molecular formula is C13H19N3. The van der Waals surface area contributed by atoms with Crippen LogP contribution in [0, 0.1) is 6.92 Å². The van der Waals surface area contributed by atoms with Gasteiger partial charge in [-0.25, -0.2) is 0 Å². The Morgan fingerprint density at radius 2 is 2.06 bits per heavy atom. The predicted molar refractivity (Wildman–Crippen MR) is 68.3 cm³/mol. The van der Waals surface area contributed by atoms with Gasteiger partial charge in [0.25, 0.3) is 0 Å². The molecule has 0 aliphatic heterocycles. The van der Waals surface area contributed by atoms with Gasteiger partial charge in [-0.1, -0.05) is 18.2 Å². The minimum atomic E-state index is 0.0831. The lowest BCUT2D eigenvalue weighted by molar-refractivity contribution is 0.618. The molecule has 0 fully saturated rings. The Hall–Kier alpha value is -1.32. The molecule has 0 amide bonds. The van der Waals surface area contributed by atoms with Crippen LogP contribution in [0.2, 0.25) is 0 Å². The van der Waals surface area contributed by atoms with Gasteiger partial charge in [0, 0.05) is 22.6 Å². The minimum Gasteiger partial charge on any atom is -0.358 e. The third kappa shape index (κ3) is 1.96. The van der Waals surface area contributed by atoms with Gasteiger partial charge in [-0.05, 0) is 37.9 Å². The van der Waals surface area contributed by atoms with Crippen molar-refractivity contribution in [2.75, 3.05) is 6.54 Å². The Bertz CT molecular complexity index is 473. The molecule has 0 aliphatic rings. The largest absolute Gasteiger partial charge is 0.358 e. The monoisotopic (exact) mass is 217 g/mol. The molecule has 3 nitrogen and oxygen atoms in total. The van der Waals surface area contributed by atoms with Crippen molar-refractivity contribution in [2.45, 2.75) is 25.8 Å². The molecule has 1 unspecified atom stereocenters. The second-order valence-corrected chi connectivity index (χ2v) is 4.25. The van der Waals surface area contributed by atoms with E-state index in [2.05, 4.69) is 30.1 Å². The molecule has 0 bridgehead atoms. The molecule has 2 aromatic rings. The number of hydrogen-bond donors (Lipinski definition) is 3. The van der Waals surface area contributed by atoms with Crippen molar-refractivity contribution in [1.82, 2.24) is 4.98 Å². The van der Waals surface area contributed by atoms with Crippen molar-refractivity contribution in [3.05, 3.63) is 35.5 Å². The Balaban J connectivity index is 2.38. The number of nitrogens with two attached hydrogens (primary N) is 2. The molecule has 0 saturated heterocycles. The van der Waals surface area contributed by atoms with E-state index in [1.54, 1.807) is 0 Å². The molecule has 0 radical (unpaired) electrons. The van der Waals surface area contributed by atoms with Crippen molar-refractivity contribution in [1.29, 1.82) is 0 Å². The zero-order valence-corrected chi connectivity index (χ0v) is 9.66. The molecule has 0 saturated carbocycles. The van der Waals surface area contributed by atoms with Crippen LogP contribution in [-0.2, 0) is 0 Å². The zero-order valence-electron chi connectivity index (χ0n) is 9.66. The maximum atomic E-state index is 6.22. The highest BCUT2D eigenvalue weighted by molar-refractivity contribution is 5.85. The first-order valence-corrected chi connectivity index (χ1v) is 5.77. The van der Waals surface area contributed by atoms with Crippen LogP contribution in [-0.4, -0.2) is 11.5 Å². The Labute approximate surface area is 95.8 Å². The highest BCUT2D eigenvalue weighted by Crippen LogP contribution is 2.28. The SMILES string of the molecule is Cc1[nH]c2ccccc2c1C(N)CCCN. The van der Waals surface area contributed by atoms with E-state index >= 15 is 0 Å². The lowest BCUT2D eigenvalue weighted by atomic mass is 10.00. The van der Waals surface area contributed by atoms with Gasteiger partial charge in [0.15, 0.2) is 0 Å². The van der Waals surface area contributed by atoms with Gasteiger partial charge >= 0.3 is 0 Å². The quantitative estimate of drug-likeness (QED) is 0.735. The van der Waals surface area contributed by atoms with Gasteiger partial charge < -0.3 is 16.5 Å². The van der Waals surface area contributed by atoms with E-state index < -0.39 is 0 Å². The molecule has 16 heavy (non-hydrogen) atoms. The first kappa shape index (κ1) is 11.2. The predicted octanol–water partition coefficient (Wildman–Crippen LogP) is 2.22. The summed E-state index contributed by atoms with van der Waals surface area (Å²) in [4.78, 5) is 3.37. The van der Waals surface area contributed by atoms with Crippen molar-refractivity contribution < 1.29 is 0 Å². The summed E-state index contributed by atoms with van der Waals surface area (Å²) < 4.78 is 0. The van der Waals surface area contributed by atoms with Gasteiger partial charge in [0.1, 0.15) is 0 Å². The number of aromatic amines is 1. The maximum absolute atomic E-state index is 6.22. The Morgan fingerprint density at radius 1 is 1.31 bits per heavy atom. The summed E-state index contributed by atoms with van der Waals surface area (Å²) in [5.74, 6) is 0. The number of hydrogen-bond acceptors (Lipinski definition) is 2. The summed E-state index contributed by atoms with van der Waals surface area (Å²) in [6.45, 7) is 2.78. The van der Waals surface area contributed by atoms with Crippen LogP contribution in [0.3, 0.4) is 0 Å². The molecular weight excluding hydrogens is 198 g/mol. The second kappa shape index (κ2) is 4.68. The first-order chi connectivity index (χ1) is 7.74. The van der Waals surface area contributed by atoms with E-state index in [0.717, 1.165) is 18.4 Å². The van der Waals surface area contributed by atoms with E-state index in [4.69, 9.17) is 11.5 Å². The summed E-state index contributed by atoms with van der Waals surface area (Å²) in [5.41, 5.74) is 15.3. The third-order valence-electron chi connectivity index (χ3n) is 3.03. The number of nitrogens with one attached hydrogen (secondary N) is 1. The van der Waals surface area contributed by atoms with Crippen molar-refractivity contribution in [3.8, 4) is 0 Å². The van der Waals surface area contributed by atoms with E-state index in [1.165, 1.54) is 16.6 Å². The van der Waals surface area contributed by atoms with Crippen LogP contribution < -0.4 is 11.5 Å². The van der Waals surface area contributed by atoms with E-state index in [0.29, 0.717) is 6.54 Å². The molecule has 2 rings (SSSR count). The number of benzene rings is 1. The van der Waals surface area contributed by atoms with Gasteiger partial charge in [-0.15, -0.1) is 0 Å². The number of H-pyrrole nitrogens is 1. The smallest absolute Gasteiger partial charge is 0.0459 e. The normalized spacial score (nSPS) is 13.2. The van der Waals surface area contributed by atoms with Crippen LogP contribution in [0.1, 0.15) is 30.1 Å². The van der Waals surface area contributed by atoms with Crippen molar-refractivity contribution in [3.63, 3.8) is 0 Å². The van der Waals surface area contributed by atoms with Crippen molar-refractivity contribution in [2.24, 2.45) is 11.5 Å². The molecule has 86 valence electrons. The first-order valence-electron chi connectivity index (χ1n) is 5.77. The maximum Gasteiger partial charge on any atom is 0.0459 e. The van der Waals surface area contributed by atoms with E-state index in [-0.39, 0.29) is 6.04 Å². The van der Waals surface area contributed by atoms with E-state index in [1.807, 2.05) is 6.07 Å². The average Bonchev–Trinajstić information content (AvgIpc) is 2.62. The number of aromatic nitrogens is 1. The number of para-hydroxylation sites is 1. The average molecular weight is 217 g/mol. The minimum absolute atomic E-state index is 0.0831. The molecule has 1 aromatic heterocycles. The molecule has 3 heteroatoms. The number of aryl methyl sites for hydroxylation is 1. The molecule has 1 atom stereocenters. The second-order valence-electron chi connectivity index (χ2n) is 4.25. The van der Waals surface area contributed by atoms with Gasteiger partial charge in [0.2, 0.25) is 0 Å². The van der Waals surface area contributed by atoms with Crippen LogP contribution in [0.4, 0.5) is 0 Å². The fourth-order valence-corrected chi connectivity index (χ4v) is 2.26. The third-order valence-corrected chi connectivity index (χ3v) is 3.03. The highest BCUT2D eigenvalue weighted by atomic mass is 14.7. The summed E-state index contributed by atoms with van der Waals surface area (Å²) >= 11 is 0. The number of rotatable bonds is 4. The zero-order chi connectivity index (χ0) is 11.5. The van der Waals surface area contributed by atoms with Crippen LogP contribution >= 0.6 is 0 Å². The molecule has 0 aliphatic carbocycles. The fourth-order valence-electron chi connectivity index (χ4n) is 2.26. The van der Waals surface area contributed by atoms with Gasteiger partial charge in [-0.3, -0.25) is 0 Å². The molecule has 5 N–H and O–H groups in total. The number of fused-ring (bicyclic) bond motifs is 1. The van der Waals surface area contributed by atoms with Crippen LogP contribution in [0.25, 0.3) is 10.9 Å². The Kier molecular flexibility index (Phi) is 3.27. The van der Waals surface area contributed by atoms with Gasteiger partial charge in [0.05, 0.1) is 0 Å². The topological polar surface area (TPSA) is 67.8 Å². The summed E-state index contributed by atoms with van der Waals surface area (Å²) in [5, 5.41) is 1.24. The summed E-state index contributed by atoms with van der Waals surface area (Å²) in [6.07, 6.45) is 1.92. The lowest BCUT2D eigenvalue weighted by Gasteiger charge is -2.11. The fraction of sp³-hybridized carbons (Fsp3) is 0.385. The molecule has 0 spiro atoms. The highest BCUT2D eigenvalue weighted by Gasteiger charge is 2.14.